The molecule has 0 unspecified atom stereocenters. The fourth-order valence-corrected chi connectivity index (χ4v) is 4.29. The molecule has 0 aromatic heterocycles. The topological polar surface area (TPSA) is 0 Å². The smallest absolute Gasteiger partial charge is 0.0729 e. The van der Waals surface area contributed by atoms with E-state index in [9.17, 15) is 0 Å². The predicted octanol–water partition coefficient (Wildman–Crippen LogP) is 5.48. The normalized spacial score (nSPS) is 14.1. The molecule has 2 aromatic carbocycles. The molecule has 20 heavy (non-hydrogen) atoms. The van der Waals surface area contributed by atoms with Gasteiger partial charge in [0.2, 0.25) is 0 Å². The highest BCUT2D eigenvalue weighted by Crippen LogP contribution is 2.38. The van der Waals surface area contributed by atoms with Crippen molar-refractivity contribution >= 4 is 14.1 Å². The molecule has 0 nitrogen and oxygen atoms in total. The van der Waals surface area contributed by atoms with Crippen molar-refractivity contribution in [2.45, 2.75) is 33.0 Å². The van der Waals surface area contributed by atoms with Gasteiger partial charge in [-0.1, -0.05) is 73.4 Å². The molecule has 0 heterocycles. The maximum Gasteiger partial charge on any atom is 0.0729 e. The Hall–Kier alpha value is -1.60. The Kier molecular flexibility index (Phi) is 3.18. The van der Waals surface area contributed by atoms with E-state index in [4.69, 9.17) is 0 Å². The molecule has 1 heteroatoms. The summed E-state index contributed by atoms with van der Waals surface area (Å²) < 4.78 is 0. The molecule has 0 radical (unpaired) electrons. The summed E-state index contributed by atoms with van der Waals surface area (Å²) in [5, 5.41) is 1.68. The first kappa shape index (κ1) is 13.4. The number of benzene rings is 2. The van der Waals surface area contributed by atoms with Crippen LogP contribution in [0, 0.1) is 6.92 Å². The van der Waals surface area contributed by atoms with Crippen molar-refractivity contribution in [1.82, 2.24) is 0 Å². The number of allylic oxidation sites excluding steroid dienone is 1. The maximum absolute atomic E-state index is 2.48. The molecule has 0 bridgehead atoms. The van der Waals surface area contributed by atoms with Crippen molar-refractivity contribution in [2.24, 2.45) is 0 Å². The Morgan fingerprint density at radius 1 is 0.900 bits per heavy atom. The van der Waals surface area contributed by atoms with Gasteiger partial charge < -0.3 is 0 Å². The van der Waals surface area contributed by atoms with Crippen LogP contribution >= 0.6 is 0 Å². The lowest BCUT2D eigenvalue weighted by Gasteiger charge is -2.17. The van der Waals surface area contributed by atoms with Crippen molar-refractivity contribution in [3.8, 4) is 11.1 Å². The number of hydrogen-bond donors (Lipinski definition) is 0. The summed E-state index contributed by atoms with van der Waals surface area (Å²) in [5.41, 5.74) is 7.12. The van der Waals surface area contributed by atoms with Gasteiger partial charge in [-0.2, -0.15) is 0 Å². The van der Waals surface area contributed by atoms with E-state index in [-0.39, 0.29) is 0 Å². The first-order valence-electron chi connectivity index (χ1n) is 7.36. The zero-order valence-corrected chi connectivity index (χ0v) is 13.8. The second kappa shape index (κ2) is 4.74. The van der Waals surface area contributed by atoms with E-state index < -0.39 is 8.07 Å². The van der Waals surface area contributed by atoms with Crippen LogP contribution in [0.3, 0.4) is 0 Å². The average molecular weight is 278 g/mol. The Bertz CT molecular complexity index is 673. The molecule has 0 atom stereocenters. The number of hydrogen-bond acceptors (Lipinski definition) is 0. The lowest BCUT2D eigenvalue weighted by Crippen LogP contribution is -2.23. The molecular formula is C19H22Si. The molecule has 0 spiro atoms. The van der Waals surface area contributed by atoms with Gasteiger partial charge in [0, 0.05) is 0 Å². The largest absolute Gasteiger partial charge is 0.0761 e. The van der Waals surface area contributed by atoms with Gasteiger partial charge in [-0.05, 0) is 41.2 Å². The fourth-order valence-electron chi connectivity index (χ4n) is 2.99. The fraction of sp³-hybridized carbons (Fsp3) is 0.263. The minimum absolute atomic E-state index is 1.16. The zero-order valence-electron chi connectivity index (χ0n) is 12.8. The summed E-state index contributed by atoms with van der Waals surface area (Å²) in [6.45, 7) is 9.56. The third kappa shape index (κ3) is 2.27. The van der Waals surface area contributed by atoms with Gasteiger partial charge in [-0.25, -0.2) is 0 Å². The SMILES string of the molecule is Cc1ccc2c(c1-c1ccccc1)C=C([Si](C)(C)C)C2. The molecule has 0 saturated carbocycles. The van der Waals surface area contributed by atoms with Crippen molar-refractivity contribution < 1.29 is 0 Å². The standard InChI is InChI=1S/C19H22Si/c1-14-10-11-16-12-17(20(2,3)4)13-18(16)19(14)15-8-6-5-7-9-15/h5-11,13H,12H2,1-4H3. The first-order chi connectivity index (χ1) is 9.47. The van der Waals surface area contributed by atoms with Crippen molar-refractivity contribution in [2.75, 3.05) is 0 Å². The van der Waals surface area contributed by atoms with Crippen LogP contribution in [0.4, 0.5) is 0 Å². The summed E-state index contributed by atoms with van der Waals surface area (Å²) in [7, 11) is -1.20. The van der Waals surface area contributed by atoms with E-state index in [1.54, 1.807) is 5.20 Å². The number of fused-ring (bicyclic) bond motifs is 1. The van der Waals surface area contributed by atoms with Gasteiger partial charge in [0.05, 0.1) is 8.07 Å². The minimum Gasteiger partial charge on any atom is -0.0761 e. The maximum atomic E-state index is 2.48. The Morgan fingerprint density at radius 3 is 2.25 bits per heavy atom. The molecule has 1 aliphatic carbocycles. The zero-order chi connectivity index (χ0) is 14.3. The van der Waals surface area contributed by atoms with Gasteiger partial charge in [-0.3, -0.25) is 0 Å². The van der Waals surface area contributed by atoms with Crippen molar-refractivity contribution in [3.63, 3.8) is 0 Å². The molecule has 0 N–H and O–H groups in total. The summed E-state index contributed by atoms with van der Waals surface area (Å²) in [6, 6.07) is 15.4. The minimum atomic E-state index is -1.20. The van der Waals surface area contributed by atoms with Crippen LogP contribution in [-0.2, 0) is 6.42 Å². The van der Waals surface area contributed by atoms with Crippen molar-refractivity contribution in [3.05, 3.63) is 64.4 Å². The van der Waals surface area contributed by atoms with Crippen LogP contribution in [0.2, 0.25) is 19.6 Å². The molecule has 1 aliphatic rings. The van der Waals surface area contributed by atoms with Crippen LogP contribution in [0.15, 0.2) is 47.7 Å². The first-order valence-corrected chi connectivity index (χ1v) is 10.9. The third-order valence-corrected chi connectivity index (χ3v) is 6.52. The van der Waals surface area contributed by atoms with Crippen molar-refractivity contribution in [1.29, 1.82) is 0 Å². The van der Waals surface area contributed by atoms with Crippen LogP contribution in [0.1, 0.15) is 16.7 Å². The Balaban J connectivity index is 2.19. The van der Waals surface area contributed by atoms with Gasteiger partial charge in [0.1, 0.15) is 0 Å². The second-order valence-corrected chi connectivity index (χ2v) is 11.9. The monoisotopic (exact) mass is 278 g/mol. The molecule has 0 amide bonds. The lowest BCUT2D eigenvalue weighted by atomic mass is 9.93. The second-order valence-electron chi connectivity index (χ2n) is 6.79. The molecule has 0 aliphatic heterocycles. The highest BCUT2D eigenvalue weighted by molar-refractivity contribution is 6.83. The quantitative estimate of drug-likeness (QED) is 0.638. The van der Waals surface area contributed by atoms with Gasteiger partial charge in [0.25, 0.3) is 0 Å². The summed E-state index contributed by atoms with van der Waals surface area (Å²) in [4.78, 5) is 0. The van der Waals surface area contributed by atoms with Crippen LogP contribution in [-0.4, -0.2) is 8.07 Å². The number of rotatable bonds is 2. The summed E-state index contributed by atoms with van der Waals surface area (Å²) >= 11 is 0. The molecule has 0 fully saturated rings. The van der Waals surface area contributed by atoms with Gasteiger partial charge in [0.15, 0.2) is 0 Å². The molecule has 102 valence electrons. The Morgan fingerprint density at radius 2 is 1.60 bits per heavy atom. The Labute approximate surface area is 123 Å². The van der Waals surface area contributed by atoms with E-state index in [1.807, 2.05) is 0 Å². The van der Waals surface area contributed by atoms with E-state index in [0.29, 0.717) is 0 Å². The van der Waals surface area contributed by atoms with Crippen LogP contribution in [0.5, 0.6) is 0 Å². The highest BCUT2D eigenvalue weighted by Gasteiger charge is 2.26. The van der Waals surface area contributed by atoms with E-state index in [1.165, 1.54) is 27.8 Å². The van der Waals surface area contributed by atoms with Crippen LogP contribution in [0.25, 0.3) is 17.2 Å². The summed E-state index contributed by atoms with van der Waals surface area (Å²) in [6.07, 6.45) is 3.64. The van der Waals surface area contributed by atoms with Gasteiger partial charge in [-0.15, -0.1) is 0 Å². The highest BCUT2D eigenvalue weighted by atomic mass is 28.3. The average Bonchev–Trinajstić information content (AvgIpc) is 2.83. The summed E-state index contributed by atoms with van der Waals surface area (Å²) in [5.74, 6) is 0. The third-order valence-electron chi connectivity index (χ3n) is 4.27. The van der Waals surface area contributed by atoms with Gasteiger partial charge >= 0.3 is 0 Å². The molecule has 0 saturated heterocycles. The van der Waals surface area contributed by atoms with E-state index >= 15 is 0 Å². The van der Waals surface area contributed by atoms with Crippen LogP contribution < -0.4 is 0 Å². The molecule has 2 aromatic rings. The van der Waals surface area contributed by atoms with E-state index in [0.717, 1.165) is 6.42 Å². The molecular weight excluding hydrogens is 256 g/mol. The van der Waals surface area contributed by atoms with E-state index in [2.05, 4.69) is 75.1 Å². The molecule has 3 rings (SSSR count). The lowest BCUT2D eigenvalue weighted by molar-refractivity contribution is 1.25. The number of aryl methyl sites for hydroxylation is 1. The predicted molar refractivity (Wildman–Crippen MR) is 91.6 cm³/mol.